The number of fused-ring (bicyclic) bond motifs is 1. The number of benzene rings is 2. The van der Waals surface area contributed by atoms with Gasteiger partial charge in [-0.05, 0) is 35.4 Å². The summed E-state index contributed by atoms with van der Waals surface area (Å²) in [5.41, 5.74) is 3.47. The van der Waals surface area contributed by atoms with Gasteiger partial charge >= 0.3 is 0 Å². The minimum Gasteiger partial charge on any atom is -0.392 e. The first-order valence-electron chi connectivity index (χ1n) is 6.80. The molecule has 0 saturated carbocycles. The minimum atomic E-state index is -0.104. The first kappa shape index (κ1) is 13.4. The number of hydrogen-bond donors (Lipinski definition) is 3. The Bertz CT molecular complexity index is 777. The highest BCUT2D eigenvalue weighted by Crippen LogP contribution is 2.14. The molecule has 3 rings (SSSR count). The molecule has 21 heavy (non-hydrogen) atoms. The Morgan fingerprint density at radius 3 is 2.81 bits per heavy atom. The Hall–Kier alpha value is -2.59. The van der Waals surface area contributed by atoms with Gasteiger partial charge in [-0.3, -0.25) is 4.79 Å². The summed E-state index contributed by atoms with van der Waals surface area (Å²) in [6, 6.07) is 15.0. The molecule has 4 heteroatoms. The fraction of sp³-hybridized carbons (Fsp3) is 0.118. The van der Waals surface area contributed by atoms with Crippen LogP contribution in [0.1, 0.15) is 21.5 Å². The minimum absolute atomic E-state index is 0.00590. The molecule has 0 radical (unpaired) electrons. The van der Waals surface area contributed by atoms with E-state index in [2.05, 4.69) is 10.3 Å². The van der Waals surface area contributed by atoms with E-state index >= 15 is 0 Å². The smallest absolute Gasteiger partial charge is 0.251 e. The molecular formula is C17H16N2O2. The number of aromatic nitrogens is 1. The van der Waals surface area contributed by atoms with E-state index in [4.69, 9.17) is 5.11 Å². The normalized spacial score (nSPS) is 10.7. The van der Waals surface area contributed by atoms with Gasteiger partial charge in [0.05, 0.1) is 6.61 Å². The topological polar surface area (TPSA) is 65.1 Å². The summed E-state index contributed by atoms with van der Waals surface area (Å²) < 4.78 is 0. The van der Waals surface area contributed by atoms with E-state index < -0.39 is 0 Å². The largest absolute Gasteiger partial charge is 0.392 e. The summed E-state index contributed by atoms with van der Waals surface area (Å²) in [6.45, 7) is 0.448. The highest BCUT2D eigenvalue weighted by Gasteiger charge is 2.06. The molecule has 4 nitrogen and oxygen atoms in total. The van der Waals surface area contributed by atoms with E-state index in [0.717, 1.165) is 22.0 Å². The molecule has 0 aliphatic carbocycles. The van der Waals surface area contributed by atoms with E-state index in [9.17, 15) is 4.79 Å². The molecule has 106 valence electrons. The number of hydrogen-bond acceptors (Lipinski definition) is 2. The van der Waals surface area contributed by atoms with Crippen LogP contribution in [0.3, 0.4) is 0 Å². The Kier molecular flexibility index (Phi) is 3.71. The van der Waals surface area contributed by atoms with Crippen LogP contribution in [0.2, 0.25) is 0 Å². The van der Waals surface area contributed by atoms with Crippen molar-refractivity contribution in [1.82, 2.24) is 10.3 Å². The van der Waals surface area contributed by atoms with Crippen LogP contribution in [0.5, 0.6) is 0 Å². The van der Waals surface area contributed by atoms with Crippen LogP contribution in [-0.2, 0) is 13.2 Å². The molecule has 0 aliphatic heterocycles. The Morgan fingerprint density at radius 1 is 1.10 bits per heavy atom. The SMILES string of the molecule is O=C(NCc1cccc(CO)c1)c1ccc2[nH]ccc2c1. The van der Waals surface area contributed by atoms with Gasteiger partial charge in [-0.25, -0.2) is 0 Å². The van der Waals surface area contributed by atoms with Crippen LogP contribution in [0.4, 0.5) is 0 Å². The second-order valence-corrected chi connectivity index (χ2v) is 4.94. The average molecular weight is 280 g/mol. The average Bonchev–Trinajstić information content (AvgIpc) is 3.00. The van der Waals surface area contributed by atoms with E-state index in [1.807, 2.05) is 48.7 Å². The molecular weight excluding hydrogens is 264 g/mol. The molecule has 1 heterocycles. The Labute approximate surface area is 122 Å². The summed E-state index contributed by atoms with van der Waals surface area (Å²) in [5.74, 6) is -0.104. The maximum Gasteiger partial charge on any atom is 0.251 e. The third-order valence-corrected chi connectivity index (χ3v) is 3.44. The maximum absolute atomic E-state index is 12.2. The molecule has 0 aliphatic rings. The van der Waals surface area contributed by atoms with Gasteiger partial charge in [-0.15, -0.1) is 0 Å². The second-order valence-electron chi connectivity index (χ2n) is 4.94. The molecule has 1 aromatic heterocycles. The van der Waals surface area contributed by atoms with Gasteiger partial charge in [-0.2, -0.15) is 0 Å². The van der Waals surface area contributed by atoms with Crippen molar-refractivity contribution in [2.75, 3.05) is 0 Å². The first-order valence-corrected chi connectivity index (χ1v) is 6.80. The van der Waals surface area contributed by atoms with Crippen molar-refractivity contribution < 1.29 is 9.90 Å². The first-order chi connectivity index (χ1) is 10.3. The number of carbonyl (C=O) groups excluding carboxylic acids is 1. The van der Waals surface area contributed by atoms with Gasteiger partial charge in [0, 0.05) is 29.2 Å². The van der Waals surface area contributed by atoms with Gasteiger partial charge in [0.15, 0.2) is 0 Å². The van der Waals surface area contributed by atoms with Crippen LogP contribution in [0, 0.1) is 0 Å². The van der Waals surface area contributed by atoms with E-state index in [0.29, 0.717) is 12.1 Å². The van der Waals surface area contributed by atoms with Gasteiger partial charge in [-0.1, -0.05) is 24.3 Å². The van der Waals surface area contributed by atoms with Crippen LogP contribution in [-0.4, -0.2) is 16.0 Å². The van der Waals surface area contributed by atoms with E-state index in [-0.39, 0.29) is 12.5 Å². The number of amides is 1. The molecule has 0 bridgehead atoms. The Morgan fingerprint density at radius 2 is 1.95 bits per heavy atom. The monoisotopic (exact) mass is 280 g/mol. The number of aliphatic hydroxyl groups excluding tert-OH is 1. The molecule has 0 atom stereocenters. The van der Waals surface area contributed by atoms with Crippen LogP contribution in [0.25, 0.3) is 10.9 Å². The predicted octanol–water partition coefficient (Wildman–Crippen LogP) is 2.59. The fourth-order valence-corrected chi connectivity index (χ4v) is 2.32. The van der Waals surface area contributed by atoms with Crippen molar-refractivity contribution in [3.8, 4) is 0 Å². The lowest BCUT2D eigenvalue weighted by Crippen LogP contribution is -2.22. The zero-order valence-electron chi connectivity index (χ0n) is 11.5. The molecule has 2 aromatic carbocycles. The van der Waals surface area contributed by atoms with Gasteiger partial charge in [0.2, 0.25) is 0 Å². The van der Waals surface area contributed by atoms with Crippen molar-refractivity contribution in [3.63, 3.8) is 0 Å². The zero-order chi connectivity index (χ0) is 14.7. The van der Waals surface area contributed by atoms with Crippen LogP contribution in [0.15, 0.2) is 54.7 Å². The lowest BCUT2D eigenvalue weighted by atomic mass is 10.1. The summed E-state index contributed by atoms with van der Waals surface area (Å²) >= 11 is 0. The van der Waals surface area contributed by atoms with Crippen molar-refractivity contribution in [2.45, 2.75) is 13.2 Å². The van der Waals surface area contributed by atoms with Crippen molar-refractivity contribution in [1.29, 1.82) is 0 Å². The fourth-order valence-electron chi connectivity index (χ4n) is 2.32. The lowest BCUT2D eigenvalue weighted by Gasteiger charge is -2.07. The molecule has 0 spiro atoms. The number of rotatable bonds is 4. The Balaban J connectivity index is 1.70. The third-order valence-electron chi connectivity index (χ3n) is 3.44. The second kappa shape index (κ2) is 5.81. The molecule has 3 aromatic rings. The zero-order valence-corrected chi connectivity index (χ0v) is 11.5. The number of H-pyrrole nitrogens is 1. The molecule has 0 fully saturated rings. The van der Waals surface area contributed by atoms with Gasteiger partial charge in [0.25, 0.3) is 5.91 Å². The lowest BCUT2D eigenvalue weighted by molar-refractivity contribution is 0.0951. The van der Waals surface area contributed by atoms with Crippen LogP contribution < -0.4 is 5.32 Å². The van der Waals surface area contributed by atoms with Gasteiger partial charge in [0.1, 0.15) is 0 Å². The maximum atomic E-state index is 12.2. The predicted molar refractivity (Wildman–Crippen MR) is 81.8 cm³/mol. The molecule has 0 saturated heterocycles. The van der Waals surface area contributed by atoms with Crippen molar-refractivity contribution in [2.24, 2.45) is 0 Å². The van der Waals surface area contributed by atoms with Crippen molar-refractivity contribution in [3.05, 3.63) is 71.4 Å². The highest BCUT2D eigenvalue weighted by molar-refractivity contribution is 5.98. The summed E-state index contributed by atoms with van der Waals surface area (Å²) in [4.78, 5) is 15.3. The number of nitrogens with one attached hydrogen (secondary N) is 2. The van der Waals surface area contributed by atoms with Crippen LogP contribution >= 0.6 is 0 Å². The van der Waals surface area contributed by atoms with E-state index in [1.165, 1.54) is 0 Å². The number of aromatic amines is 1. The summed E-state index contributed by atoms with van der Waals surface area (Å²) in [6.07, 6.45) is 1.85. The summed E-state index contributed by atoms with van der Waals surface area (Å²) in [5, 5.41) is 13.0. The van der Waals surface area contributed by atoms with E-state index in [1.54, 1.807) is 6.07 Å². The molecule has 1 amide bonds. The molecule has 0 unspecified atom stereocenters. The molecule has 3 N–H and O–H groups in total. The standard InChI is InChI=1S/C17H16N2O2/c20-11-13-3-1-2-12(8-13)10-19-17(21)15-4-5-16-14(9-15)6-7-18-16/h1-9,18,20H,10-11H2,(H,19,21). The third kappa shape index (κ3) is 2.95. The number of aliphatic hydroxyl groups is 1. The summed E-state index contributed by atoms with van der Waals surface area (Å²) in [7, 11) is 0. The number of carbonyl (C=O) groups is 1. The van der Waals surface area contributed by atoms with Gasteiger partial charge < -0.3 is 15.4 Å². The van der Waals surface area contributed by atoms with Crippen molar-refractivity contribution >= 4 is 16.8 Å². The quantitative estimate of drug-likeness (QED) is 0.687. The highest BCUT2D eigenvalue weighted by atomic mass is 16.3.